The number of aromatic nitrogens is 1. The van der Waals surface area contributed by atoms with Crippen LogP contribution < -0.4 is 15.4 Å². The molecule has 27 heavy (non-hydrogen) atoms. The van der Waals surface area contributed by atoms with Gasteiger partial charge < -0.3 is 15.4 Å². The lowest BCUT2D eigenvalue weighted by molar-refractivity contribution is 0.414. The van der Waals surface area contributed by atoms with Gasteiger partial charge in [-0.15, -0.1) is 11.3 Å². The first kappa shape index (κ1) is 18.0. The predicted molar refractivity (Wildman–Crippen MR) is 113 cm³/mol. The highest BCUT2D eigenvalue weighted by molar-refractivity contribution is 7.10. The number of nitrogens with two attached hydrogens (primary N) is 1. The molecule has 0 amide bonds. The number of rotatable bonds is 6. The van der Waals surface area contributed by atoms with Crippen molar-refractivity contribution in [2.45, 2.75) is 25.3 Å². The quantitative estimate of drug-likeness (QED) is 0.677. The Hall–Kier alpha value is -2.37. The third kappa shape index (κ3) is 4.15. The molecule has 1 aliphatic rings. The highest BCUT2D eigenvalue weighted by Gasteiger charge is 2.15. The number of benzene rings is 2. The van der Waals surface area contributed by atoms with Crippen LogP contribution in [0.15, 0.2) is 53.9 Å². The largest absolute Gasteiger partial charge is 0.497 e. The Labute approximate surface area is 164 Å². The van der Waals surface area contributed by atoms with Gasteiger partial charge in [-0.1, -0.05) is 24.3 Å². The smallest absolute Gasteiger partial charge is 0.118 e. The first-order valence-electron chi connectivity index (χ1n) is 9.42. The van der Waals surface area contributed by atoms with Crippen LogP contribution in [0.25, 0.3) is 11.3 Å². The lowest BCUT2D eigenvalue weighted by Crippen LogP contribution is -2.17. The second-order valence-electron chi connectivity index (χ2n) is 6.97. The van der Waals surface area contributed by atoms with Crippen LogP contribution in [0, 0.1) is 0 Å². The highest BCUT2D eigenvalue weighted by atomic mass is 32.1. The van der Waals surface area contributed by atoms with Gasteiger partial charge in [0.1, 0.15) is 10.8 Å². The van der Waals surface area contributed by atoms with Crippen LogP contribution in [-0.2, 0) is 6.42 Å². The predicted octanol–water partition coefficient (Wildman–Crippen LogP) is 4.66. The molecule has 4 nitrogen and oxygen atoms in total. The second-order valence-corrected chi connectivity index (χ2v) is 7.86. The molecule has 0 saturated carbocycles. The zero-order valence-electron chi connectivity index (χ0n) is 15.6. The van der Waals surface area contributed by atoms with Gasteiger partial charge in [0.2, 0.25) is 0 Å². The number of ether oxygens (including phenoxy) is 1. The van der Waals surface area contributed by atoms with Crippen LogP contribution in [-0.4, -0.2) is 25.2 Å². The number of anilines is 1. The molecule has 2 N–H and O–H groups in total. The molecule has 1 atom stereocenters. The van der Waals surface area contributed by atoms with E-state index in [1.807, 2.05) is 12.1 Å². The van der Waals surface area contributed by atoms with Gasteiger partial charge in [0.15, 0.2) is 0 Å². The lowest BCUT2D eigenvalue weighted by Gasteiger charge is -2.17. The minimum absolute atomic E-state index is 0.0963. The molecule has 4 rings (SSSR count). The van der Waals surface area contributed by atoms with Crippen molar-refractivity contribution in [3.8, 4) is 17.0 Å². The fourth-order valence-corrected chi connectivity index (χ4v) is 4.34. The Bertz CT molecular complexity index is 867. The third-order valence-electron chi connectivity index (χ3n) is 5.09. The average molecular weight is 380 g/mol. The summed E-state index contributed by atoms with van der Waals surface area (Å²) in [6.07, 6.45) is 3.36. The second kappa shape index (κ2) is 8.11. The number of hydrogen-bond acceptors (Lipinski definition) is 5. The SMILES string of the molecule is COc1ccc(CC(N)c2nc(-c3ccc(N4CCCC4)cc3)cs2)cc1. The first-order valence-corrected chi connectivity index (χ1v) is 10.3. The maximum Gasteiger partial charge on any atom is 0.118 e. The van der Waals surface area contributed by atoms with Gasteiger partial charge in [-0.2, -0.15) is 0 Å². The van der Waals surface area contributed by atoms with Gasteiger partial charge in [-0.05, 0) is 49.1 Å². The maximum atomic E-state index is 6.41. The molecular weight excluding hydrogens is 354 g/mol. The van der Waals surface area contributed by atoms with Crippen LogP contribution in [0.1, 0.15) is 29.5 Å². The van der Waals surface area contributed by atoms with Gasteiger partial charge >= 0.3 is 0 Å². The Kier molecular flexibility index (Phi) is 5.41. The normalized spacial score (nSPS) is 15.1. The minimum atomic E-state index is -0.0963. The monoisotopic (exact) mass is 379 g/mol. The van der Waals surface area contributed by atoms with E-state index >= 15 is 0 Å². The van der Waals surface area contributed by atoms with Crippen LogP contribution in [0.2, 0.25) is 0 Å². The number of thiazole rings is 1. The molecule has 0 aliphatic carbocycles. The molecule has 1 saturated heterocycles. The summed E-state index contributed by atoms with van der Waals surface area (Å²) < 4.78 is 5.21. The summed E-state index contributed by atoms with van der Waals surface area (Å²) in [5.74, 6) is 0.862. The Morgan fingerprint density at radius 3 is 2.44 bits per heavy atom. The van der Waals surface area contributed by atoms with Crippen LogP contribution >= 0.6 is 11.3 Å². The summed E-state index contributed by atoms with van der Waals surface area (Å²) in [7, 11) is 1.68. The molecule has 0 radical (unpaired) electrons. The number of methoxy groups -OCH3 is 1. The lowest BCUT2D eigenvalue weighted by atomic mass is 10.1. The summed E-state index contributed by atoms with van der Waals surface area (Å²) in [5.41, 5.74) is 11.1. The van der Waals surface area contributed by atoms with E-state index in [1.165, 1.54) is 37.2 Å². The molecule has 0 spiro atoms. The Balaban J connectivity index is 1.44. The van der Waals surface area contributed by atoms with E-state index in [2.05, 4.69) is 46.7 Å². The summed E-state index contributed by atoms with van der Waals surface area (Å²) in [5, 5.41) is 3.08. The fraction of sp³-hybridized carbons (Fsp3) is 0.318. The van der Waals surface area contributed by atoms with Crippen molar-refractivity contribution in [3.63, 3.8) is 0 Å². The van der Waals surface area contributed by atoms with Crippen LogP contribution in [0.5, 0.6) is 5.75 Å². The van der Waals surface area contributed by atoms with Crippen molar-refractivity contribution >= 4 is 17.0 Å². The molecule has 2 aromatic carbocycles. The first-order chi connectivity index (χ1) is 13.2. The van der Waals surface area contributed by atoms with Crippen molar-refractivity contribution in [3.05, 3.63) is 64.5 Å². The van der Waals surface area contributed by atoms with E-state index in [-0.39, 0.29) is 6.04 Å². The van der Waals surface area contributed by atoms with E-state index in [4.69, 9.17) is 15.5 Å². The van der Waals surface area contributed by atoms with E-state index in [1.54, 1.807) is 18.4 Å². The molecule has 1 unspecified atom stereocenters. The van der Waals surface area contributed by atoms with Gasteiger partial charge in [-0.3, -0.25) is 0 Å². The van der Waals surface area contributed by atoms with E-state index in [9.17, 15) is 0 Å². The van der Waals surface area contributed by atoms with E-state index < -0.39 is 0 Å². The number of nitrogens with zero attached hydrogens (tertiary/aromatic N) is 2. The standard InChI is InChI=1S/C22H25N3OS/c1-26-19-10-4-16(5-11-19)14-20(23)22-24-21(15-27-22)17-6-8-18(9-7-17)25-12-2-3-13-25/h4-11,15,20H,2-3,12-14,23H2,1H3. The Morgan fingerprint density at radius 2 is 1.78 bits per heavy atom. The zero-order valence-corrected chi connectivity index (χ0v) is 16.4. The third-order valence-corrected chi connectivity index (χ3v) is 6.06. The molecule has 2 heterocycles. The molecule has 140 valence electrons. The molecule has 3 aromatic rings. The van der Waals surface area contributed by atoms with Crippen molar-refractivity contribution in [1.82, 2.24) is 4.98 Å². The summed E-state index contributed by atoms with van der Waals surface area (Å²) in [6.45, 7) is 2.33. The van der Waals surface area contributed by atoms with E-state index in [0.29, 0.717) is 0 Å². The highest BCUT2D eigenvalue weighted by Crippen LogP contribution is 2.29. The van der Waals surface area contributed by atoms with Crippen molar-refractivity contribution in [2.24, 2.45) is 5.73 Å². The van der Waals surface area contributed by atoms with Crippen LogP contribution in [0.3, 0.4) is 0 Å². The summed E-state index contributed by atoms with van der Waals surface area (Å²) in [6, 6.07) is 16.7. The van der Waals surface area contributed by atoms with Gasteiger partial charge in [0.25, 0.3) is 0 Å². The zero-order chi connectivity index (χ0) is 18.6. The molecule has 1 aromatic heterocycles. The maximum absolute atomic E-state index is 6.41. The van der Waals surface area contributed by atoms with Gasteiger partial charge in [0, 0.05) is 29.7 Å². The van der Waals surface area contributed by atoms with Crippen LogP contribution in [0.4, 0.5) is 5.69 Å². The minimum Gasteiger partial charge on any atom is -0.497 e. The Morgan fingerprint density at radius 1 is 1.07 bits per heavy atom. The molecule has 1 aliphatic heterocycles. The summed E-state index contributed by atoms with van der Waals surface area (Å²) >= 11 is 1.64. The number of hydrogen-bond donors (Lipinski definition) is 1. The topological polar surface area (TPSA) is 51.4 Å². The van der Waals surface area contributed by atoms with Crippen molar-refractivity contribution < 1.29 is 4.74 Å². The molecular formula is C22H25N3OS. The average Bonchev–Trinajstić information content (AvgIpc) is 3.41. The summed E-state index contributed by atoms with van der Waals surface area (Å²) in [4.78, 5) is 7.24. The van der Waals surface area contributed by atoms with Gasteiger partial charge in [0.05, 0.1) is 18.8 Å². The molecule has 5 heteroatoms. The molecule has 1 fully saturated rings. The molecule has 0 bridgehead atoms. The van der Waals surface area contributed by atoms with Crippen molar-refractivity contribution in [1.29, 1.82) is 0 Å². The van der Waals surface area contributed by atoms with Gasteiger partial charge in [-0.25, -0.2) is 4.98 Å². The van der Waals surface area contributed by atoms with E-state index in [0.717, 1.165) is 28.4 Å². The van der Waals surface area contributed by atoms with Crippen molar-refractivity contribution in [2.75, 3.05) is 25.1 Å². The fourth-order valence-electron chi connectivity index (χ4n) is 3.51.